The van der Waals surface area contributed by atoms with Gasteiger partial charge >= 0.3 is 0 Å². The van der Waals surface area contributed by atoms with Crippen LogP contribution < -0.4 is 5.32 Å². The van der Waals surface area contributed by atoms with E-state index in [-0.39, 0.29) is 5.41 Å². The first-order valence-corrected chi connectivity index (χ1v) is 10.9. The normalized spacial score (nSPS) is 31.8. The highest BCUT2D eigenvalue weighted by Crippen LogP contribution is 2.63. The number of rotatable bonds is 2. The molecular formula is C24H29ClN2O. The van der Waals surface area contributed by atoms with E-state index in [1.54, 1.807) is 0 Å². The van der Waals surface area contributed by atoms with Crippen LogP contribution in [0.1, 0.15) is 50.2 Å². The van der Waals surface area contributed by atoms with E-state index in [0.29, 0.717) is 22.2 Å². The molecule has 2 aromatic rings. The Kier molecular flexibility index (Phi) is 4.19. The van der Waals surface area contributed by atoms with Crippen LogP contribution in [0.25, 0.3) is 0 Å². The lowest BCUT2D eigenvalue weighted by Gasteiger charge is -2.65. The van der Waals surface area contributed by atoms with Crippen molar-refractivity contribution in [2.45, 2.75) is 56.9 Å². The fourth-order valence-corrected chi connectivity index (χ4v) is 6.75. The van der Waals surface area contributed by atoms with Gasteiger partial charge in [-0.15, -0.1) is 0 Å². The fraction of sp³-hybridized carbons (Fsp3) is 0.500. The lowest BCUT2D eigenvalue weighted by atomic mass is 9.45. The molecule has 0 unspecified atom stereocenters. The zero-order valence-electron chi connectivity index (χ0n) is 16.8. The Bertz CT molecular complexity index is 929. The minimum Gasteiger partial charge on any atom is -0.506 e. The zero-order chi connectivity index (χ0) is 19.5. The van der Waals surface area contributed by atoms with E-state index in [4.69, 9.17) is 11.6 Å². The maximum atomic E-state index is 10.9. The summed E-state index contributed by atoms with van der Waals surface area (Å²) in [7, 11) is 2.29. The van der Waals surface area contributed by atoms with Crippen molar-refractivity contribution < 1.29 is 5.11 Å². The number of anilines is 2. The molecule has 3 aliphatic rings. The molecule has 2 aromatic carbocycles. The summed E-state index contributed by atoms with van der Waals surface area (Å²) in [5, 5.41) is 14.9. The standard InChI is InChI=1S/C24H29ClN2O/c1-23-9-5-6-10-24(23)11-12-27(2)22(23)14-16-13-20(21(28)15-17(16)24)26-19-8-4-3-7-18(19)25/h3-4,7-8,13,15,22,26,28H,5-6,9-12,14H2,1-2H3/t22-,23+,24+/m0/s1. The number of para-hydroxylation sites is 1. The minimum absolute atomic E-state index is 0.205. The van der Waals surface area contributed by atoms with Gasteiger partial charge in [0, 0.05) is 11.5 Å². The summed E-state index contributed by atoms with van der Waals surface area (Å²) in [5.74, 6) is 0.332. The molecule has 2 fully saturated rings. The number of halogens is 1. The van der Waals surface area contributed by atoms with Gasteiger partial charge in [-0.1, -0.05) is 43.5 Å². The van der Waals surface area contributed by atoms with Crippen LogP contribution in [0.3, 0.4) is 0 Å². The SMILES string of the molecule is CN1CC[C@@]23CCCC[C@]2(C)[C@@H]1Cc1cc(Nc2ccccc2Cl)c(O)cc13. The van der Waals surface area contributed by atoms with Gasteiger partial charge < -0.3 is 15.3 Å². The first kappa shape index (κ1) is 18.3. The highest BCUT2D eigenvalue weighted by molar-refractivity contribution is 6.33. The van der Waals surface area contributed by atoms with Gasteiger partial charge in [0.15, 0.2) is 0 Å². The lowest BCUT2D eigenvalue weighted by molar-refractivity contribution is -0.0735. The number of hydrogen-bond donors (Lipinski definition) is 2. The number of aromatic hydroxyl groups is 1. The molecule has 1 saturated carbocycles. The van der Waals surface area contributed by atoms with Crippen LogP contribution in [0.4, 0.5) is 11.4 Å². The van der Waals surface area contributed by atoms with Crippen molar-refractivity contribution in [2.75, 3.05) is 18.9 Å². The zero-order valence-corrected chi connectivity index (χ0v) is 17.5. The van der Waals surface area contributed by atoms with Crippen molar-refractivity contribution in [3.05, 3.63) is 52.5 Å². The molecule has 4 heteroatoms. The number of nitrogens with one attached hydrogen (secondary N) is 1. The molecule has 0 radical (unpaired) electrons. The Balaban J connectivity index is 1.62. The van der Waals surface area contributed by atoms with Crippen LogP contribution in [0.2, 0.25) is 5.02 Å². The number of benzene rings is 2. The summed E-state index contributed by atoms with van der Waals surface area (Å²) < 4.78 is 0. The maximum absolute atomic E-state index is 10.9. The van der Waals surface area contributed by atoms with E-state index in [1.807, 2.05) is 24.3 Å². The van der Waals surface area contributed by atoms with Gasteiger partial charge in [-0.05, 0) is 80.1 Å². The molecule has 148 valence electrons. The topological polar surface area (TPSA) is 35.5 Å². The molecule has 1 aliphatic heterocycles. The largest absolute Gasteiger partial charge is 0.506 e. The van der Waals surface area contributed by atoms with Crippen LogP contribution in [0.5, 0.6) is 5.75 Å². The van der Waals surface area contributed by atoms with Crippen molar-refractivity contribution in [3.8, 4) is 5.75 Å². The van der Waals surface area contributed by atoms with Crippen molar-refractivity contribution in [1.29, 1.82) is 0 Å². The van der Waals surface area contributed by atoms with Crippen molar-refractivity contribution in [1.82, 2.24) is 4.90 Å². The molecule has 2 aliphatic carbocycles. The third-order valence-corrected chi connectivity index (χ3v) is 8.42. The second-order valence-corrected chi connectivity index (χ2v) is 9.70. The van der Waals surface area contributed by atoms with Gasteiger partial charge in [0.05, 0.1) is 16.4 Å². The summed E-state index contributed by atoms with van der Waals surface area (Å²) in [6, 6.07) is 12.5. The molecule has 5 rings (SSSR count). The number of phenols is 1. The fourth-order valence-electron chi connectivity index (χ4n) is 6.57. The van der Waals surface area contributed by atoms with Crippen molar-refractivity contribution >= 4 is 23.0 Å². The van der Waals surface area contributed by atoms with Crippen LogP contribution in [-0.4, -0.2) is 29.6 Å². The Hall–Kier alpha value is -1.71. The summed E-state index contributed by atoms with van der Waals surface area (Å²) >= 11 is 6.32. The second kappa shape index (κ2) is 6.40. The second-order valence-electron chi connectivity index (χ2n) is 9.29. The summed E-state index contributed by atoms with van der Waals surface area (Å²) in [5.41, 5.74) is 4.88. The van der Waals surface area contributed by atoms with Gasteiger partial charge in [0.2, 0.25) is 0 Å². The molecule has 2 bridgehead atoms. The molecule has 0 spiro atoms. The smallest absolute Gasteiger partial charge is 0.139 e. The molecular weight excluding hydrogens is 368 g/mol. The monoisotopic (exact) mass is 396 g/mol. The molecule has 1 saturated heterocycles. The summed E-state index contributed by atoms with van der Waals surface area (Å²) in [6.07, 6.45) is 7.42. The Morgan fingerprint density at radius 2 is 1.89 bits per heavy atom. The van der Waals surface area contributed by atoms with Gasteiger partial charge in [0.25, 0.3) is 0 Å². The van der Waals surface area contributed by atoms with E-state index < -0.39 is 0 Å². The van der Waals surface area contributed by atoms with Gasteiger partial charge in [-0.3, -0.25) is 0 Å². The van der Waals surface area contributed by atoms with Crippen LogP contribution in [0.15, 0.2) is 36.4 Å². The minimum atomic E-state index is 0.205. The van der Waals surface area contributed by atoms with E-state index in [0.717, 1.165) is 24.3 Å². The molecule has 28 heavy (non-hydrogen) atoms. The summed E-state index contributed by atoms with van der Waals surface area (Å²) in [6.45, 7) is 3.67. The van der Waals surface area contributed by atoms with E-state index >= 15 is 0 Å². The van der Waals surface area contributed by atoms with E-state index in [2.05, 4.69) is 36.3 Å². The quantitative estimate of drug-likeness (QED) is 0.623. The highest BCUT2D eigenvalue weighted by Gasteiger charge is 2.60. The Morgan fingerprint density at radius 1 is 1.11 bits per heavy atom. The summed E-state index contributed by atoms with van der Waals surface area (Å²) in [4.78, 5) is 2.58. The van der Waals surface area contributed by atoms with Crippen LogP contribution >= 0.6 is 11.6 Å². The molecule has 0 amide bonds. The number of fused-ring (bicyclic) bond motifs is 1. The predicted octanol–water partition coefficient (Wildman–Crippen LogP) is 5.87. The first-order chi connectivity index (χ1) is 13.4. The average Bonchev–Trinajstić information content (AvgIpc) is 2.68. The first-order valence-electron chi connectivity index (χ1n) is 10.5. The number of piperidine rings is 1. The lowest BCUT2D eigenvalue weighted by Crippen LogP contribution is -2.66. The van der Waals surface area contributed by atoms with Gasteiger partial charge in [-0.2, -0.15) is 0 Å². The van der Waals surface area contributed by atoms with E-state index in [1.165, 1.54) is 43.2 Å². The van der Waals surface area contributed by atoms with Gasteiger partial charge in [0.1, 0.15) is 5.75 Å². The maximum Gasteiger partial charge on any atom is 0.139 e. The highest BCUT2D eigenvalue weighted by atomic mass is 35.5. The number of likely N-dealkylation sites (tertiary alicyclic amines) is 1. The van der Waals surface area contributed by atoms with Gasteiger partial charge in [-0.25, -0.2) is 0 Å². The molecule has 3 atom stereocenters. The van der Waals surface area contributed by atoms with Crippen LogP contribution in [-0.2, 0) is 11.8 Å². The van der Waals surface area contributed by atoms with E-state index in [9.17, 15) is 5.11 Å². The third-order valence-electron chi connectivity index (χ3n) is 8.10. The average molecular weight is 397 g/mol. The Morgan fingerprint density at radius 3 is 2.71 bits per heavy atom. The number of likely N-dealkylation sites (N-methyl/N-ethyl adjacent to an activating group) is 1. The van der Waals surface area contributed by atoms with Crippen molar-refractivity contribution in [3.63, 3.8) is 0 Å². The molecule has 2 N–H and O–H groups in total. The molecule has 1 heterocycles. The Labute approximate surface area is 172 Å². The molecule has 0 aromatic heterocycles. The number of hydrogen-bond acceptors (Lipinski definition) is 3. The molecule has 3 nitrogen and oxygen atoms in total. The van der Waals surface area contributed by atoms with Crippen LogP contribution in [0, 0.1) is 5.41 Å². The predicted molar refractivity (Wildman–Crippen MR) is 116 cm³/mol. The third kappa shape index (κ3) is 2.45. The number of phenolic OH excluding ortho intramolecular Hbond substituents is 1. The number of nitrogens with zero attached hydrogens (tertiary/aromatic N) is 1. The van der Waals surface area contributed by atoms with Crippen molar-refractivity contribution in [2.24, 2.45) is 5.41 Å².